The lowest BCUT2D eigenvalue weighted by atomic mass is 9.93. The van der Waals surface area contributed by atoms with Crippen LogP contribution in [0.15, 0.2) is 0 Å². The van der Waals surface area contributed by atoms with Gasteiger partial charge in [0.15, 0.2) is 0 Å². The molecule has 1 atom stereocenters. The monoisotopic (exact) mass is 315 g/mol. The summed E-state index contributed by atoms with van der Waals surface area (Å²) in [6.07, 6.45) is 8.46. The van der Waals surface area contributed by atoms with Crippen LogP contribution in [0, 0.1) is 31.6 Å². The highest BCUT2D eigenvalue weighted by Gasteiger charge is 2.44. The van der Waals surface area contributed by atoms with Crippen LogP contribution in [-0.2, 0) is 11.8 Å². The SMILES string of the molecule is Cc1nn(C)c(C)c1[C@@H]1CCCN1C(=O)CC(C1CC1)C1CC1. The van der Waals surface area contributed by atoms with Crippen LogP contribution in [0.3, 0.4) is 0 Å². The number of rotatable bonds is 5. The van der Waals surface area contributed by atoms with Crippen molar-refractivity contribution in [1.29, 1.82) is 0 Å². The number of nitrogens with zero attached hydrogens (tertiary/aromatic N) is 3. The van der Waals surface area contributed by atoms with Crippen molar-refractivity contribution in [2.45, 2.75) is 64.8 Å². The van der Waals surface area contributed by atoms with Crippen molar-refractivity contribution in [1.82, 2.24) is 14.7 Å². The normalized spacial score (nSPS) is 24.7. The van der Waals surface area contributed by atoms with E-state index in [0.29, 0.717) is 11.8 Å². The standard InChI is InChI=1S/C19H29N3O/c1-12-19(13(2)21(3)20-12)17-5-4-10-22(17)18(23)11-16(14-6-7-14)15-8-9-15/h14-17H,4-11H2,1-3H3/t17-/m0/s1. The zero-order valence-corrected chi connectivity index (χ0v) is 14.7. The van der Waals surface area contributed by atoms with Gasteiger partial charge in [0, 0.05) is 31.3 Å². The largest absolute Gasteiger partial charge is 0.336 e. The van der Waals surface area contributed by atoms with Gasteiger partial charge in [-0.2, -0.15) is 5.10 Å². The van der Waals surface area contributed by atoms with E-state index in [1.165, 1.54) is 36.9 Å². The van der Waals surface area contributed by atoms with E-state index in [0.717, 1.165) is 43.3 Å². The van der Waals surface area contributed by atoms with Gasteiger partial charge in [0.25, 0.3) is 0 Å². The van der Waals surface area contributed by atoms with E-state index in [4.69, 9.17) is 0 Å². The van der Waals surface area contributed by atoms with E-state index in [1.54, 1.807) is 0 Å². The van der Waals surface area contributed by atoms with Crippen LogP contribution in [0.1, 0.15) is 67.9 Å². The van der Waals surface area contributed by atoms with Crippen molar-refractivity contribution in [2.24, 2.45) is 24.8 Å². The number of carbonyl (C=O) groups is 1. The van der Waals surface area contributed by atoms with Gasteiger partial charge < -0.3 is 4.90 Å². The zero-order chi connectivity index (χ0) is 16.1. The van der Waals surface area contributed by atoms with E-state index in [-0.39, 0.29) is 6.04 Å². The van der Waals surface area contributed by atoms with E-state index in [9.17, 15) is 4.79 Å². The smallest absolute Gasteiger partial charge is 0.223 e. The maximum absolute atomic E-state index is 13.0. The third kappa shape index (κ3) is 2.81. The van der Waals surface area contributed by atoms with E-state index in [2.05, 4.69) is 23.8 Å². The molecule has 0 spiro atoms. The maximum atomic E-state index is 13.0. The molecule has 0 radical (unpaired) electrons. The van der Waals surface area contributed by atoms with Gasteiger partial charge >= 0.3 is 0 Å². The third-order valence-corrected chi connectivity index (χ3v) is 6.34. The fraction of sp³-hybridized carbons (Fsp3) is 0.789. The van der Waals surface area contributed by atoms with Gasteiger partial charge in [-0.1, -0.05) is 0 Å². The molecule has 0 aromatic carbocycles. The van der Waals surface area contributed by atoms with Crippen molar-refractivity contribution < 1.29 is 4.79 Å². The van der Waals surface area contributed by atoms with Crippen molar-refractivity contribution in [3.05, 3.63) is 17.0 Å². The molecule has 2 heterocycles. The summed E-state index contributed by atoms with van der Waals surface area (Å²) < 4.78 is 1.96. The average Bonchev–Trinajstić information content (AvgIpc) is 3.42. The first-order chi connectivity index (χ1) is 11.1. The Kier molecular flexibility index (Phi) is 3.73. The van der Waals surface area contributed by atoms with Crippen molar-refractivity contribution >= 4 is 5.91 Å². The van der Waals surface area contributed by atoms with Gasteiger partial charge in [-0.25, -0.2) is 0 Å². The summed E-state index contributed by atoms with van der Waals surface area (Å²) in [7, 11) is 2.00. The van der Waals surface area contributed by atoms with E-state index >= 15 is 0 Å². The second kappa shape index (κ2) is 5.64. The van der Waals surface area contributed by atoms with Crippen LogP contribution < -0.4 is 0 Å². The lowest BCUT2D eigenvalue weighted by Crippen LogP contribution is -2.33. The van der Waals surface area contributed by atoms with Gasteiger partial charge in [-0.15, -0.1) is 0 Å². The summed E-state index contributed by atoms with van der Waals surface area (Å²) in [5, 5.41) is 4.57. The summed E-state index contributed by atoms with van der Waals surface area (Å²) in [6.45, 7) is 5.15. The number of hydrogen-bond acceptors (Lipinski definition) is 2. The number of likely N-dealkylation sites (tertiary alicyclic amines) is 1. The Morgan fingerprint density at radius 3 is 2.35 bits per heavy atom. The summed E-state index contributed by atoms with van der Waals surface area (Å²) in [4.78, 5) is 15.2. The van der Waals surface area contributed by atoms with Crippen molar-refractivity contribution in [3.63, 3.8) is 0 Å². The average molecular weight is 315 g/mol. The summed E-state index contributed by atoms with van der Waals surface area (Å²) >= 11 is 0. The lowest BCUT2D eigenvalue weighted by Gasteiger charge is -2.27. The molecule has 1 amide bonds. The Balaban J connectivity index is 1.51. The molecule has 2 saturated carbocycles. The molecule has 23 heavy (non-hydrogen) atoms. The number of hydrogen-bond donors (Lipinski definition) is 0. The van der Waals surface area contributed by atoms with Crippen molar-refractivity contribution in [2.75, 3.05) is 6.54 Å². The molecule has 1 aromatic heterocycles. The molecule has 2 aliphatic carbocycles. The van der Waals surface area contributed by atoms with Crippen LogP contribution >= 0.6 is 0 Å². The molecule has 1 saturated heterocycles. The lowest BCUT2D eigenvalue weighted by molar-refractivity contribution is -0.133. The first-order valence-electron chi connectivity index (χ1n) is 9.35. The fourth-order valence-corrected chi connectivity index (χ4v) is 4.72. The molecular formula is C19H29N3O. The molecular weight excluding hydrogens is 286 g/mol. The predicted octanol–water partition coefficient (Wildman–Crippen LogP) is 3.53. The van der Waals surface area contributed by atoms with Crippen LogP contribution in [-0.4, -0.2) is 27.1 Å². The van der Waals surface area contributed by atoms with Crippen LogP contribution in [0.4, 0.5) is 0 Å². The molecule has 3 fully saturated rings. The molecule has 4 nitrogen and oxygen atoms in total. The molecule has 3 aliphatic rings. The molecule has 0 unspecified atom stereocenters. The minimum absolute atomic E-state index is 0.259. The first kappa shape index (κ1) is 15.2. The molecule has 4 rings (SSSR count). The highest BCUT2D eigenvalue weighted by Crippen LogP contribution is 2.51. The molecule has 0 bridgehead atoms. The van der Waals surface area contributed by atoms with Gasteiger partial charge in [-0.3, -0.25) is 9.48 Å². The predicted molar refractivity (Wildman–Crippen MR) is 89.9 cm³/mol. The maximum Gasteiger partial charge on any atom is 0.223 e. The van der Waals surface area contributed by atoms with Crippen LogP contribution in [0.5, 0.6) is 0 Å². The topological polar surface area (TPSA) is 38.1 Å². The first-order valence-corrected chi connectivity index (χ1v) is 9.35. The summed E-state index contributed by atoms with van der Waals surface area (Å²) in [6, 6.07) is 0.259. The Morgan fingerprint density at radius 2 is 1.83 bits per heavy atom. The molecule has 1 aliphatic heterocycles. The molecule has 4 heteroatoms. The molecule has 1 aromatic rings. The second-order valence-electron chi connectivity index (χ2n) is 8.00. The van der Waals surface area contributed by atoms with Crippen LogP contribution in [0.25, 0.3) is 0 Å². The highest BCUT2D eigenvalue weighted by molar-refractivity contribution is 5.77. The number of aryl methyl sites for hydroxylation is 2. The van der Waals surface area contributed by atoms with Crippen LogP contribution in [0.2, 0.25) is 0 Å². The number of amides is 1. The molecule has 0 N–H and O–H groups in total. The Labute approximate surface area is 139 Å². The quantitative estimate of drug-likeness (QED) is 0.834. The summed E-state index contributed by atoms with van der Waals surface area (Å²) in [5.41, 5.74) is 3.61. The number of carbonyl (C=O) groups excluding carboxylic acids is 1. The Bertz CT molecular complexity index is 600. The molecule has 126 valence electrons. The number of aromatic nitrogens is 2. The van der Waals surface area contributed by atoms with E-state index in [1.807, 2.05) is 11.7 Å². The van der Waals surface area contributed by atoms with Gasteiger partial charge in [0.1, 0.15) is 0 Å². The minimum Gasteiger partial charge on any atom is -0.336 e. The fourth-order valence-electron chi connectivity index (χ4n) is 4.72. The summed E-state index contributed by atoms with van der Waals surface area (Å²) in [5.74, 6) is 2.79. The zero-order valence-electron chi connectivity index (χ0n) is 14.7. The third-order valence-electron chi connectivity index (χ3n) is 6.34. The highest BCUT2D eigenvalue weighted by atomic mass is 16.2. The van der Waals surface area contributed by atoms with Crippen molar-refractivity contribution in [3.8, 4) is 0 Å². The van der Waals surface area contributed by atoms with E-state index < -0.39 is 0 Å². The van der Waals surface area contributed by atoms with Gasteiger partial charge in [-0.05, 0) is 70.1 Å². The Morgan fingerprint density at radius 1 is 1.17 bits per heavy atom. The van der Waals surface area contributed by atoms with Gasteiger partial charge in [0.05, 0.1) is 11.7 Å². The Hall–Kier alpha value is -1.32. The van der Waals surface area contributed by atoms with Gasteiger partial charge in [0.2, 0.25) is 5.91 Å². The minimum atomic E-state index is 0.259. The second-order valence-corrected chi connectivity index (χ2v) is 8.00.